The number of Topliss-reactive ketones (excluding diaryl/α,β-unsaturated/α-hetero) is 2. The highest BCUT2D eigenvalue weighted by molar-refractivity contribution is 6.08. The Kier molecular flexibility index (Phi) is 8.85. The van der Waals surface area contributed by atoms with Gasteiger partial charge in [-0.25, -0.2) is 4.98 Å². The highest BCUT2D eigenvalue weighted by atomic mass is 16.4. The largest absolute Gasteiger partial charge is 0.481 e. The highest BCUT2D eigenvalue weighted by Gasteiger charge is 2.27. The molecule has 0 fully saturated rings. The number of anilines is 2. The predicted molar refractivity (Wildman–Crippen MR) is 127 cm³/mol. The van der Waals surface area contributed by atoms with E-state index in [0.29, 0.717) is 17.4 Å². The van der Waals surface area contributed by atoms with Gasteiger partial charge in [-0.3, -0.25) is 19.4 Å². The molecule has 0 bridgehead atoms. The third-order valence-corrected chi connectivity index (χ3v) is 4.85. The van der Waals surface area contributed by atoms with E-state index in [1.807, 2.05) is 13.8 Å². The highest BCUT2D eigenvalue weighted by Crippen LogP contribution is 2.19. The van der Waals surface area contributed by atoms with Crippen LogP contribution in [-0.2, 0) is 16.1 Å². The minimum absolute atomic E-state index is 0.0210. The van der Waals surface area contributed by atoms with Gasteiger partial charge in [0.2, 0.25) is 5.95 Å². The maximum absolute atomic E-state index is 12.5. The molecule has 174 valence electrons. The molecule has 3 aromatic rings. The van der Waals surface area contributed by atoms with Crippen molar-refractivity contribution in [3.8, 4) is 0 Å². The first kappa shape index (κ1) is 25.3. The molecule has 9 heteroatoms. The number of ketones is 2. The van der Waals surface area contributed by atoms with Gasteiger partial charge in [0, 0.05) is 24.2 Å². The van der Waals surface area contributed by atoms with Gasteiger partial charge in [0.1, 0.15) is 11.7 Å². The summed E-state index contributed by atoms with van der Waals surface area (Å²) in [6, 6.07) is 11.7. The van der Waals surface area contributed by atoms with Gasteiger partial charge in [-0.15, -0.1) is 0 Å². The number of benzene rings is 2. The number of nitrogens with one attached hydrogen (secondary N) is 2. The summed E-state index contributed by atoms with van der Waals surface area (Å²) < 4.78 is 0. The molecule has 1 aromatic heterocycles. The molecule has 2 aromatic carbocycles. The van der Waals surface area contributed by atoms with Gasteiger partial charge in [-0.2, -0.15) is 0 Å². The molecule has 1 atom stereocenters. The second kappa shape index (κ2) is 11.6. The molecule has 0 aliphatic carbocycles. The second-order valence-electron chi connectivity index (χ2n) is 7.23. The number of aliphatic carboxylic acids is 1. The molecule has 1 heterocycles. The standard InChI is InChI=1S/C22H22N4O5.C2H6/c1-12(27)2-8-17(21(30)31)19(28)14-4-6-15(7-5-14)24-11-13-3-9-16-18(10-13)25-22(23)26-20(16)29;1-2/h3-7,9-10,17,24H,2,8,11H2,1H3,(H,30,31)(H3,23,25,26,29);1-2H3. The first-order valence-electron chi connectivity index (χ1n) is 10.6. The van der Waals surface area contributed by atoms with Crippen molar-refractivity contribution in [1.82, 2.24) is 9.97 Å². The van der Waals surface area contributed by atoms with Crippen LogP contribution in [0.25, 0.3) is 10.9 Å². The Hall–Kier alpha value is -4.01. The summed E-state index contributed by atoms with van der Waals surface area (Å²) in [4.78, 5) is 53.5. The van der Waals surface area contributed by atoms with Crippen molar-refractivity contribution in [2.75, 3.05) is 11.1 Å². The first-order chi connectivity index (χ1) is 15.7. The molecular formula is C24H28N4O5. The number of hydrogen-bond donors (Lipinski definition) is 4. The number of carboxylic acid groups (broad SMARTS) is 1. The number of carbonyl (C=O) groups is 3. The molecule has 33 heavy (non-hydrogen) atoms. The summed E-state index contributed by atoms with van der Waals surface area (Å²) in [5, 5.41) is 13.0. The Bertz CT molecular complexity index is 1200. The lowest BCUT2D eigenvalue weighted by Crippen LogP contribution is -2.24. The van der Waals surface area contributed by atoms with Gasteiger partial charge < -0.3 is 21.0 Å². The maximum atomic E-state index is 12.5. The number of rotatable bonds is 9. The van der Waals surface area contributed by atoms with Crippen molar-refractivity contribution in [3.05, 3.63) is 63.9 Å². The van der Waals surface area contributed by atoms with Gasteiger partial charge in [0.15, 0.2) is 5.78 Å². The number of carboxylic acids is 1. The average Bonchev–Trinajstić information content (AvgIpc) is 2.78. The summed E-state index contributed by atoms with van der Waals surface area (Å²) >= 11 is 0. The molecule has 9 nitrogen and oxygen atoms in total. The number of aromatic amines is 1. The summed E-state index contributed by atoms with van der Waals surface area (Å²) in [5.41, 5.74) is 7.65. The molecule has 3 rings (SSSR count). The van der Waals surface area contributed by atoms with Crippen molar-refractivity contribution in [1.29, 1.82) is 0 Å². The van der Waals surface area contributed by atoms with Crippen molar-refractivity contribution in [3.63, 3.8) is 0 Å². The maximum Gasteiger partial charge on any atom is 0.314 e. The van der Waals surface area contributed by atoms with Crippen LogP contribution in [0.4, 0.5) is 11.6 Å². The Morgan fingerprint density at radius 2 is 1.79 bits per heavy atom. The van der Waals surface area contributed by atoms with Crippen LogP contribution in [0, 0.1) is 5.92 Å². The number of nitrogens with zero attached hydrogens (tertiary/aromatic N) is 1. The average molecular weight is 453 g/mol. The fourth-order valence-corrected chi connectivity index (χ4v) is 3.19. The first-order valence-corrected chi connectivity index (χ1v) is 10.6. The number of H-pyrrole nitrogens is 1. The van der Waals surface area contributed by atoms with E-state index in [0.717, 1.165) is 11.3 Å². The number of nitrogen functional groups attached to an aromatic ring is 1. The van der Waals surface area contributed by atoms with Gasteiger partial charge in [-0.1, -0.05) is 19.9 Å². The van der Waals surface area contributed by atoms with Gasteiger partial charge >= 0.3 is 5.97 Å². The molecule has 0 saturated heterocycles. The third-order valence-electron chi connectivity index (χ3n) is 4.85. The minimum atomic E-state index is -1.25. The molecule has 1 unspecified atom stereocenters. The Labute approximate surface area is 191 Å². The van der Waals surface area contributed by atoms with Crippen LogP contribution >= 0.6 is 0 Å². The van der Waals surface area contributed by atoms with Crippen molar-refractivity contribution in [2.24, 2.45) is 5.92 Å². The molecule has 0 aliphatic heterocycles. The molecule has 0 saturated carbocycles. The molecule has 0 radical (unpaired) electrons. The SMILES string of the molecule is CC.CC(=O)CCC(C(=O)O)C(=O)c1ccc(NCc2ccc3c(=O)[nH]c(N)nc3c2)cc1. The van der Waals surface area contributed by atoms with Gasteiger partial charge in [-0.05, 0) is 55.3 Å². The topological polar surface area (TPSA) is 155 Å². The van der Waals surface area contributed by atoms with Crippen LogP contribution < -0.4 is 16.6 Å². The number of fused-ring (bicyclic) bond motifs is 1. The predicted octanol–water partition coefficient (Wildman–Crippen LogP) is 3.40. The zero-order valence-corrected chi connectivity index (χ0v) is 18.8. The molecule has 0 amide bonds. The van der Waals surface area contributed by atoms with Crippen molar-refractivity contribution in [2.45, 2.75) is 40.2 Å². The lowest BCUT2D eigenvalue weighted by molar-refractivity contribution is -0.140. The van der Waals surface area contributed by atoms with E-state index in [-0.39, 0.29) is 35.7 Å². The Balaban J connectivity index is 0.00000187. The molecule has 5 N–H and O–H groups in total. The van der Waals surface area contributed by atoms with E-state index in [1.54, 1.807) is 42.5 Å². The lowest BCUT2D eigenvalue weighted by atomic mass is 9.92. The molecular weight excluding hydrogens is 424 g/mol. The number of hydrogen-bond acceptors (Lipinski definition) is 7. The lowest BCUT2D eigenvalue weighted by Gasteiger charge is -2.12. The van der Waals surface area contributed by atoms with E-state index in [4.69, 9.17) is 5.73 Å². The third kappa shape index (κ3) is 6.73. The van der Waals surface area contributed by atoms with Crippen molar-refractivity contribution < 1.29 is 19.5 Å². The number of aromatic nitrogens is 2. The van der Waals surface area contributed by atoms with Crippen LogP contribution in [0.5, 0.6) is 0 Å². The van der Waals surface area contributed by atoms with E-state index < -0.39 is 17.7 Å². The van der Waals surface area contributed by atoms with Crippen LogP contribution in [0.3, 0.4) is 0 Å². The van der Waals surface area contributed by atoms with E-state index in [2.05, 4.69) is 15.3 Å². The van der Waals surface area contributed by atoms with Crippen LogP contribution in [0.1, 0.15) is 49.5 Å². The normalized spacial score (nSPS) is 11.2. The quantitative estimate of drug-likeness (QED) is 0.284. The number of carbonyl (C=O) groups excluding carboxylic acids is 2. The van der Waals surface area contributed by atoms with Crippen LogP contribution in [0.2, 0.25) is 0 Å². The van der Waals surface area contributed by atoms with E-state index in [1.165, 1.54) is 6.92 Å². The Morgan fingerprint density at radius 1 is 1.12 bits per heavy atom. The summed E-state index contributed by atoms with van der Waals surface area (Å²) in [7, 11) is 0. The zero-order valence-electron chi connectivity index (χ0n) is 18.8. The van der Waals surface area contributed by atoms with E-state index >= 15 is 0 Å². The van der Waals surface area contributed by atoms with Crippen molar-refractivity contribution >= 4 is 40.1 Å². The van der Waals surface area contributed by atoms with Crippen LogP contribution in [-0.4, -0.2) is 32.6 Å². The fraction of sp³-hybridized carbons (Fsp3) is 0.292. The summed E-state index contributed by atoms with van der Waals surface area (Å²) in [6.07, 6.45) is 0.0212. The monoisotopic (exact) mass is 452 g/mol. The summed E-state index contributed by atoms with van der Waals surface area (Å²) in [5.74, 6) is -3.12. The minimum Gasteiger partial charge on any atom is -0.481 e. The van der Waals surface area contributed by atoms with E-state index in [9.17, 15) is 24.3 Å². The van der Waals surface area contributed by atoms with Gasteiger partial charge in [0.25, 0.3) is 5.56 Å². The second-order valence-corrected chi connectivity index (χ2v) is 7.23. The molecule has 0 spiro atoms. The Morgan fingerprint density at radius 3 is 2.39 bits per heavy atom. The number of nitrogens with two attached hydrogens (primary N) is 1. The van der Waals surface area contributed by atoms with Crippen LogP contribution in [0.15, 0.2) is 47.3 Å². The fourth-order valence-electron chi connectivity index (χ4n) is 3.19. The summed E-state index contributed by atoms with van der Waals surface area (Å²) in [6.45, 7) is 5.80. The zero-order chi connectivity index (χ0) is 24.5. The van der Waals surface area contributed by atoms with Gasteiger partial charge in [0.05, 0.1) is 10.9 Å². The molecule has 0 aliphatic rings. The smallest absolute Gasteiger partial charge is 0.314 e.